The fourth-order valence-corrected chi connectivity index (χ4v) is 2.03. The van der Waals surface area contributed by atoms with E-state index in [2.05, 4.69) is 22.2 Å². The molecule has 0 fully saturated rings. The predicted molar refractivity (Wildman–Crippen MR) is 78.9 cm³/mol. The molecule has 2 aromatic rings. The summed E-state index contributed by atoms with van der Waals surface area (Å²) in [6, 6.07) is 6.95. The zero-order valence-electron chi connectivity index (χ0n) is 12.2. The number of rotatable bonds is 5. The second-order valence-electron chi connectivity index (χ2n) is 4.97. The van der Waals surface area contributed by atoms with Gasteiger partial charge in [-0.05, 0) is 56.6 Å². The summed E-state index contributed by atoms with van der Waals surface area (Å²) < 4.78 is 13.3. The van der Waals surface area contributed by atoms with E-state index in [0.717, 1.165) is 36.5 Å². The third-order valence-corrected chi connectivity index (χ3v) is 3.06. The van der Waals surface area contributed by atoms with E-state index in [9.17, 15) is 4.39 Å². The van der Waals surface area contributed by atoms with Gasteiger partial charge in [0.1, 0.15) is 5.82 Å². The van der Waals surface area contributed by atoms with Crippen molar-refractivity contribution in [2.24, 2.45) is 0 Å². The van der Waals surface area contributed by atoms with E-state index in [0.29, 0.717) is 11.4 Å². The number of nitrogens with zero attached hydrogens (tertiary/aromatic N) is 2. The lowest BCUT2D eigenvalue weighted by Crippen LogP contribution is -2.15. The Morgan fingerprint density at radius 2 is 1.95 bits per heavy atom. The lowest BCUT2D eigenvalue weighted by atomic mass is 10.1. The minimum atomic E-state index is -0.203. The first-order chi connectivity index (χ1) is 9.60. The van der Waals surface area contributed by atoms with Gasteiger partial charge in [-0.1, -0.05) is 6.92 Å². The molecule has 0 aliphatic carbocycles. The molecule has 0 aliphatic rings. The van der Waals surface area contributed by atoms with Crippen molar-refractivity contribution >= 4 is 0 Å². The molecule has 106 valence electrons. The van der Waals surface area contributed by atoms with E-state index < -0.39 is 0 Å². The first-order valence-corrected chi connectivity index (χ1v) is 6.92. The quantitative estimate of drug-likeness (QED) is 0.848. The van der Waals surface area contributed by atoms with E-state index in [4.69, 9.17) is 0 Å². The van der Waals surface area contributed by atoms with Crippen molar-refractivity contribution < 1.29 is 4.39 Å². The SMILES string of the molecule is CCCNCc1cc(C)nc(-c2ccc(F)c(C)c2)n1. The summed E-state index contributed by atoms with van der Waals surface area (Å²) in [6.45, 7) is 7.52. The molecule has 3 nitrogen and oxygen atoms in total. The molecule has 1 heterocycles. The Bertz CT molecular complexity index is 596. The molecule has 1 N–H and O–H groups in total. The Hall–Kier alpha value is -1.81. The van der Waals surface area contributed by atoms with Crippen LogP contribution in [0.1, 0.15) is 30.3 Å². The zero-order valence-corrected chi connectivity index (χ0v) is 12.2. The van der Waals surface area contributed by atoms with Crippen molar-refractivity contribution in [1.29, 1.82) is 0 Å². The van der Waals surface area contributed by atoms with E-state index in [1.165, 1.54) is 6.07 Å². The average molecular weight is 273 g/mol. The Morgan fingerprint density at radius 1 is 1.15 bits per heavy atom. The van der Waals surface area contributed by atoms with Crippen LogP contribution in [0.2, 0.25) is 0 Å². The van der Waals surface area contributed by atoms with Gasteiger partial charge in [0.2, 0.25) is 0 Å². The van der Waals surface area contributed by atoms with Crippen LogP contribution in [0.15, 0.2) is 24.3 Å². The van der Waals surface area contributed by atoms with Gasteiger partial charge in [0.25, 0.3) is 0 Å². The highest BCUT2D eigenvalue weighted by Crippen LogP contribution is 2.19. The number of aromatic nitrogens is 2. The summed E-state index contributed by atoms with van der Waals surface area (Å²) in [5.41, 5.74) is 3.34. The summed E-state index contributed by atoms with van der Waals surface area (Å²) in [7, 11) is 0. The molecule has 0 unspecified atom stereocenters. The highest BCUT2D eigenvalue weighted by atomic mass is 19.1. The van der Waals surface area contributed by atoms with Crippen LogP contribution in [0.3, 0.4) is 0 Å². The third-order valence-electron chi connectivity index (χ3n) is 3.06. The van der Waals surface area contributed by atoms with Crippen LogP contribution in [-0.2, 0) is 6.54 Å². The van der Waals surface area contributed by atoms with Crippen molar-refractivity contribution in [3.05, 3.63) is 47.0 Å². The number of hydrogen-bond acceptors (Lipinski definition) is 3. The van der Waals surface area contributed by atoms with Crippen LogP contribution < -0.4 is 5.32 Å². The lowest BCUT2D eigenvalue weighted by Gasteiger charge is -2.08. The van der Waals surface area contributed by atoms with Gasteiger partial charge in [0, 0.05) is 17.8 Å². The van der Waals surface area contributed by atoms with Crippen molar-refractivity contribution in [3.63, 3.8) is 0 Å². The molecule has 0 spiro atoms. The molecule has 4 heteroatoms. The first-order valence-electron chi connectivity index (χ1n) is 6.92. The molecule has 0 amide bonds. The topological polar surface area (TPSA) is 37.8 Å². The van der Waals surface area contributed by atoms with Gasteiger partial charge in [0.05, 0.1) is 5.69 Å². The largest absolute Gasteiger partial charge is 0.311 e. The predicted octanol–water partition coefficient (Wildman–Crippen LogP) is 3.40. The Morgan fingerprint density at radius 3 is 2.65 bits per heavy atom. The van der Waals surface area contributed by atoms with Crippen LogP contribution >= 0.6 is 0 Å². The molecular formula is C16H20FN3. The number of halogens is 1. The van der Waals surface area contributed by atoms with Crippen LogP contribution in [0, 0.1) is 19.7 Å². The molecule has 0 saturated carbocycles. The Balaban J connectivity index is 2.28. The summed E-state index contributed by atoms with van der Waals surface area (Å²) in [5, 5.41) is 3.33. The number of aryl methyl sites for hydroxylation is 2. The molecule has 1 aromatic heterocycles. The van der Waals surface area contributed by atoms with E-state index in [-0.39, 0.29) is 5.82 Å². The molecule has 0 atom stereocenters. The van der Waals surface area contributed by atoms with Gasteiger partial charge in [-0.15, -0.1) is 0 Å². The van der Waals surface area contributed by atoms with Crippen molar-refractivity contribution in [2.45, 2.75) is 33.7 Å². The van der Waals surface area contributed by atoms with E-state index >= 15 is 0 Å². The maximum Gasteiger partial charge on any atom is 0.159 e. The minimum absolute atomic E-state index is 0.203. The van der Waals surface area contributed by atoms with Gasteiger partial charge in [0.15, 0.2) is 5.82 Å². The summed E-state index contributed by atoms with van der Waals surface area (Å²) in [4.78, 5) is 8.99. The monoisotopic (exact) mass is 273 g/mol. The molecule has 0 bridgehead atoms. The fourth-order valence-electron chi connectivity index (χ4n) is 2.03. The maximum absolute atomic E-state index is 13.3. The van der Waals surface area contributed by atoms with Crippen LogP contribution in [0.25, 0.3) is 11.4 Å². The zero-order chi connectivity index (χ0) is 14.5. The number of benzene rings is 1. The number of nitrogens with one attached hydrogen (secondary N) is 1. The average Bonchev–Trinajstić information content (AvgIpc) is 2.41. The summed E-state index contributed by atoms with van der Waals surface area (Å²) in [5.74, 6) is 0.452. The van der Waals surface area contributed by atoms with Crippen molar-refractivity contribution in [3.8, 4) is 11.4 Å². The molecule has 0 radical (unpaired) electrons. The molecule has 0 aliphatic heterocycles. The fraction of sp³-hybridized carbons (Fsp3) is 0.375. The van der Waals surface area contributed by atoms with E-state index in [1.54, 1.807) is 19.1 Å². The van der Waals surface area contributed by atoms with Crippen LogP contribution in [0.4, 0.5) is 4.39 Å². The Labute approximate surface area is 119 Å². The molecule has 1 aromatic carbocycles. The highest BCUT2D eigenvalue weighted by molar-refractivity contribution is 5.56. The Kier molecular flexibility index (Phi) is 4.79. The van der Waals surface area contributed by atoms with Gasteiger partial charge < -0.3 is 5.32 Å². The minimum Gasteiger partial charge on any atom is -0.311 e. The molecule has 20 heavy (non-hydrogen) atoms. The van der Waals surface area contributed by atoms with Crippen molar-refractivity contribution in [1.82, 2.24) is 15.3 Å². The third kappa shape index (κ3) is 3.61. The number of hydrogen-bond donors (Lipinski definition) is 1. The smallest absolute Gasteiger partial charge is 0.159 e. The van der Waals surface area contributed by atoms with Crippen LogP contribution in [0.5, 0.6) is 0 Å². The molecular weight excluding hydrogens is 253 g/mol. The lowest BCUT2D eigenvalue weighted by molar-refractivity contribution is 0.618. The summed E-state index contributed by atoms with van der Waals surface area (Å²) >= 11 is 0. The maximum atomic E-state index is 13.3. The van der Waals surface area contributed by atoms with Gasteiger partial charge >= 0.3 is 0 Å². The van der Waals surface area contributed by atoms with Gasteiger partial charge in [-0.3, -0.25) is 0 Å². The van der Waals surface area contributed by atoms with Gasteiger partial charge in [-0.2, -0.15) is 0 Å². The normalized spacial score (nSPS) is 10.8. The van der Waals surface area contributed by atoms with Crippen LogP contribution in [-0.4, -0.2) is 16.5 Å². The second-order valence-corrected chi connectivity index (χ2v) is 4.97. The first kappa shape index (κ1) is 14.6. The van der Waals surface area contributed by atoms with Gasteiger partial charge in [-0.25, -0.2) is 14.4 Å². The molecule has 0 saturated heterocycles. The molecule has 2 rings (SSSR count). The highest BCUT2D eigenvalue weighted by Gasteiger charge is 2.07. The standard InChI is InChI=1S/C16H20FN3/c1-4-7-18-10-14-9-12(3)19-16(20-14)13-5-6-15(17)11(2)8-13/h5-6,8-9,18H,4,7,10H2,1-3H3. The second kappa shape index (κ2) is 6.57. The van der Waals surface area contributed by atoms with E-state index in [1.807, 2.05) is 13.0 Å². The summed E-state index contributed by atoms with van der Waals surface area (Å²) in [6.07, 6.45) is 1.09. The van der Waals surface area contributed by atoms with Crippen molar-refractivity contribution in [2.75, 3.05) is 6.54 Å².